The summed E-state index contributed by atoms with van der Waals surface area (Å²) >= 11 is 1.76. The second kappa shape index (κ2) is 8.96. The molecule has 2 heterocycles. The van der Waals surface area contributed by atoms with Crippen LogP contribution in [0.15, 0.2) is 60.2 Å². The first-order valence-corrected chi connectivity index (χ1v) is 11.6. The van der Waals surface area contributed by atoms with E-state index in [2.05, 4.69) is 44.9 Å². The number of nitrogens with zero attached hydrogens (tertiary/aromatic N) is 2. The van der Waals surface area contributed by atoms with Crippen LogP contribution in [0, 0.1) is 0 Å². The summed E-state index contributed by atoms with van der Waals surface area (Å²) in [4.78, 5) is 20.3. The fraction of sp³-hybridized carbons (Fsp3) is 0.240. The zero-order chi connectivity index (χ0) is 21.9. The molecule has 0 unspecified atom stereocenters. The Kier molecular flexibility index (Phi) is 5.73. The van der Waals surface area contributed by atoms with E-state index in [4.69, 9.17) is 4.74 Å². The number of anilines is 1. The number of hydrogen-bond acceptors (Lipinski definition) is 6. The smallest absolute Gasteiger partial charge is 0.339 e. The van der Waals surface area contributed by atoms with Crippen LogP contribution in [0.2, 0.25) is 0 Å². The highest BCUT2D eigenvalue weighted by molar-refractivity contribution is 7.17. The van der Waals surface area contributed by atoms with Crippen LogP contribution in [0.5, 0.6) is 5.75 Å². The van der Waals surface area contributed by atoms with E-state index in [1.165, 1.54) is 22.0 Å². The lowest BCUT2D eigenvalue weighted by molar-refractivity contribution is 0.0680. The molecule has 0 amide bonds. The zero-order valence-corrected chi connectivity index (χ0v) is 18.3. The number of fused-ring (bicyclic) bond motifs is 1. The molecule has 2 N–H and O–H groups in total. The standard InChI is InChI=1S/C25H23N3O3S/c29-25(30)20-7-6-18(13-22(20)31-19-2-1-3-19)21-14-24(28-15-27-21)26-10-8-16-4-5-17-9-11-32-23(17)12-16/h4-7,9,11-15,19H,1-3,8,10H2,(H,29,30)(H,26,27,28). The fourth-order valence-electron chi connectivity index (χ4n) is 3.73. The van der Waals surface area contributed by atoms with E-state index in [1.54, 1.807) is 29.5 Å². The third kappa shape index (κ3) is 4.43. The number of thiophene rings is 1. The number of nitrogens with one attached hydrogen (secondary N) is 1. The largest absolute Gasteiger partial charge is 0.490 e. The Labute approximate surface area is 189 Å². The van der Waals surface area contributed by atoms with Crippen molar-refractivity contribution in [1.29, 1.82) is 0 Å². The van der Waals surface area contributed by atoms with E-state index in [1.807, 2.05) is 6.07 Å². The highest BCUT2D eigenvalue weighted by atomic mass is 32.1. The normalized spacial score (nSPS) is 13.6. The van der Waals surface area contributed by atoms with Crippen molar-refractivity contribution >= 4 is 33.2 Å². The highest BCUT2D eigenvalue weighted by Gasteiger charge is 2.22. The van der Waals surface area contributed by atoms with Gasteiger partial charge in [-0.25, -0.2) is 14.8 Å². The third-order valence-corrected chi connectivity index (χ3v) is 6.64. The van der Waals surface area contributed by atoms with Gasteiger partial charge in [-0.1, -0.05) is 18.2 Å². The van der Waals surface area contributed by atoms with Gasteiger partial charge in [-0.05, 0) is 66.3 Å². The van der Waals surface area contributed by atoms with Gasteiger partial charge >= 0.3 is 5.97 Å². The van der Waals surface area contributed by atoms with Crippen molar-refractivity contribution in [3.05, 3.63) is 71.4 Å². The SMILES string of the molecule is O=C(O)c1ccc(-c2cc(NCCc3ccc4ccsc4c3)ncn2)cc1OC1CCC1. The van der Waals surface area contributed by atoms with Crippen molar-refractivity contribution in [2.75, 3.05) is 11.9 Å². The van der Waals surface area contributed by atoms with Crippen molar-refractivity contribution in [1.82, 2.24) is 9.97 Å². The Morgan fingerprint density at radius 1 is 1.12 bits per heavy atom. The number of ether oxygens (including phenoxy) is 1. The molecule has 0 aliphatic heterocycles. The van der Waals surface area contributed by atoms with Gasteiger partial charge in [0.1, 0.15) is 23.5 Å². The average molecular weight is 446 g/mol. The average Bonchev–Trinajstić information content (AvgIpc) is 3.24. The molecule has 1 aliphatic rings. The van der Waals surface area contributed by atoms with E-state index in [0.717, 1.165) is 49.3 Å². The lowest BCUT2D eigenvalue weighted by atomic mass is 9.96. The molecule has 162 valence electrons. The van der Waals surface area contributed by atoms with E-state index in [9.17, 15) is 9.90 Å². The predicted octanol–water partition coefficient (Wildman–Crippen LogP) is 5.64. The molecule has 1 fully saturated rings. The number of aromatic nitrogens is 2. The van der Waals surface area contributed by atoms with Crippen LogP contribution < -0.4 is 10.1 Å². The van der Waals surface area contributed by atoms with Gasteiger partial charge in [0.2, 0.25) is 0 Å². The summed E-state index contributed by atoms with van der Waals surface area (Å²) in [7, 11) is 0. The van der Waals surface area contributed by atoms with Crippen molar-refractivity contribution in [2.24, 2.45) is 0 Å². The van der Waals surface area contributed by atoms with E-state index >= 15 is 0 Å². The van der Waals surface area contributed by atoms with Crippen LogP contribution in [0.1, 0.15) is 35.2 Å². The Morgan fingerprint density at radius 3 is 2.84 bits per heavy atom. The quantitative estimate of drug-likeness (QED) is 0.365. The molecule has 4 aromatic rings. The number of aromatic carboxylic acids is 1. The maximum atomic E-state index is 11.6. The monoisotopic (exact) mass is 445 g/mol. The molecule has 32 heavy (non-hydrogen) atoms. The van der Waals surface area contributed by atoms with Crippen LogP contribution in [-0.4, -0.2) is 33.7 Å². The molecule has 0 atom stereocenters. The molecule has 0 radical (unpaired) electrons. The van der Waals surface area contributed by atoms with Gasteiger partial charge in [0, 0.05) is 22.9 Å². The Hall–Kier alpha value is -3.45. The highest BCUT2D eigenvalue weighted by Crippen LogP contribution is 2.31. The molecule has 7 heteroatoms. The number of benzene rings is 2. The first-order chi connectivity index (χ1) is 15.7. The third-order valence-electron chi connectivity index (χ3n) is 5.76. The molecule has 1 saturated carbocycles. The van der Waals surface area contributed by atoms with Gasteiger partial charge in [0.15, 0.2) is 0 Å². The molecule has 6 nitrogen and oxygen atoms in total. The number of carboxylic acid groups (broad SMARTS) is 1. The lowest BCUT2D eigenvalue weighted by Gasteiger charge is -2.27. The molecule has 0 bridgehead atoms. The summed E-state index contributed by atoms with van der Waals surface area (Å²) in [6.07, 6.45) is 5.55. The summed E-state index contributed by atoms with van der Waals surface area (Å²) in [6.45, 7) is 0.751. The summed E-state index contributed by atoms with van der Waals surface area (Å²) in [5.74, 6) is 0.143. The minimum Gasteiger partial charge on any atom is -0.490 e. The molecule has 0 saturated heterocycles. The Morgan fingerprint density at radius 2 is 2.03 bits per heavy atom. The molecule has 2 aromatic carbocycles. The van der Waals surface area contributed by atoms with Gasteiger partial charge in [-0.3, -0.25) is 0 Å². The molecule has 5 rings (SSSR count). The Bertz CT molecular complexity index is 1270. The topological polar surface area (TPSA) is 84.3 Å². The summed E-state index contributed by atoms with van der Waals surface area (Å²) in [5.41, 5.74) is 2.98. The van der Waals surface area contributed by atoms with E-state index in [-0.39, 0.29) is 11.7 Å². The van der Waals surface area contributed by atoms with Crippen molar-refractivity contribution in [2.45, 2.75) is 31.8 Å². The van der Waals surface area contributed by atoms with E-state index < -0.39 is 5.97 Å². The number of carboxylic acids is 1. The predicted molar refractivity (Wildman–Crippen MR) is 127 cm³/mol. The molecular weight excluding hydrogens is 422 g/mol. The summed E-state index contributed by atoms with van der Waals surface area (Å²) < 4.78 is 7.24. The summed E-state index contributed by atoms with van der Waals surface area (Å²) in [6, 6.07) is 15.7. The first kappa shape index (κ1) is 20.5. The Balaban J connectivity index is 1.29. The lowest BCUT2D eigenvalue weighted by Crippen LogP contribution is -2.25. The van der Waals surface area contributed by atoms with Crippen LogP contribution in [-0.2, 0) is 6.42 Å². The van der Waals surface area contributed by atoms with Gasteiger partial charge in [-0.2, -0.15) is 0 Å². The van der Waals surface area contributed by atoms with Crippen LogP contribution >= 0.6 is 11.3 Å². The van der Waals surface area contributed by atoms with Gasteiger partial charge in [-0.15, -0.1) is 11.3 Å². The minimum atomic E-state index is -0.989. The minimum absolute atomic E-state index is 0.0966. The van der Waals surface area contributed by atoms with Crippen molar-refractivity contribution < 1.29 is 14.6 Å². The fourth-order valence-corrected chi connectivity index (χ4v) is 4.58. The van der Waals surface area contributed by atoms with Crippen LogP contribution in [0.3, 0.4) is 0 Å². The maximum Gasteiger partial charge on any atom is 0.339 e. The number of rotatable bonds is 8. The second-order valence-corrected chi connectivity index (χ2v) is 8.89. The van der Waals surface area contributed by atoms with E-state index in [0.29, 0.717) is 5.75 Å². The van der Waals surface area contributed by atoms with Crippen molar-refractivity contribution in [3.8, 4) is 17.0 Å². The number of carbonyl (C=O) groups is 1. The molecule has 2 aromatic heterocycles. The first-order valence-electron chi connectivity index (χ1n) is 10.7. The molecule has 0 spiro atoms. The maximum absolute atomic E-state index is 11.6. The second-order valence-electron chi connectivity index (χ2n) is 7.94. The molecular formula is C25H23N3O3S. The molecule has 1 aliphatic carbocycles. The zero-order valence-electron chi connectivity index (χ0n) is 17.5. The number of hydrogen-bond donors (Lipinski definition) is 2. The van der Waals surface area contributed by atoms with Crippen LogP contribution in [0.25, 0.3) is 21.3 Å². The summed E-state index contributed by atoms with van der Waals surface area (Å²) in [5, 5.41) is 16.3. The van der Waals surface area contributed by atoms with Gasteiger partial charge in [0.05, 0.1) is 11.8 Å². The van der Waals surface area contributed by atoms with Gasteiger partial charge in [0.25, 0.3) is 0 Å². The van der Waals surface area contributed by atoms with Gasteiger partial charge < -0.3 is 15.2 Å². The van der Waals surface area contributed by atoms with Crippen LogP contribution in [0.4, 0.5) is 5.82 Å². The van der Waals surface area contributed by atoms with Crippen molar-refractivity contribution in [3.63, 3.8) is 0 Å².